The van der Waals surface area contributed by atoms with Crippen molar-refractivity contribution >= 4 is 20.3 Å². The molecule has 7 heteroatoms. The molecule has 0 aromatic rings. The van der Waals surface area contributed by atoms with Crippen LogP contribution in [0.25, 0.3) is 0 Å². The van der Waals surface area contributed by atoms with E-state index in [0.29, 0.717) is 23.2 Å². The van der Waals surface area contributed by atoms with Gasteiger partial charge in [-0.05, 0) is 28.8 Å². The van der Waals surface area contributed by atoms with Crippen LogP contribution in [0.1, 0.15) is 41.5 Å². The number of rotatable bonds is 7. The number of hydrogen-bond acceptors (Lipinski definition) is 6. The Morgan fingerprint density at radius 2 is 1.35 bits per heavy atom. The lowest BCUT2D eigenvalue weighted by Crippen LogP contribution is -2.49. The molecule has 148 valence electrons. The second kappa shape index (κ2) is 10.0. The summed E-state index contributed by atoms with van der Waals surface area (Å²) in [7, 11) is -1.84. The molecule has 2 aliphatic rings. The van der Waals surface area contributed by atoms with Crippen LogP contribution in [0.4, 0.5) is 0 Å². The van der Waals surface area contributed by atoms with Crippen molar-refractivity contribution in [3.05, 3.63) is 24.3 Å². The van der Waals surface area contributed by atoms with E-state index in [2.05, 4.69) is 46.3 Å². The monoisotopic (exact) mass is 384 g/mol. The van der Waals surface area contributed by atoms with Crippen molar-refractivity contribution in [1.29, 1.82) is 0 Å². The maximum absolute atomic E-state index is 11.0. The molecule has 0 spiro atoms. The molecule has 0 bridgehead atoms. The fourth-order valence-corrected chi connectivity index (χ4v) is 9.19. The highest BCUT2D eigenvalue weighted by atomic mass is 28.4. The Balaban J connectivity index is 0.000000350. The minimum atomic E-state index is -1.84. The van der Waals surface area contributed by atoms with Crippen LogP contribution in [0.5, 0.6) is 0 Å². The second-order valence-electron chi connectivity index (χ2n) is 7.48. The van der Waals surface area contributed by atoms with Gasteiger partial charge < -0.3 is 19.0 Å². The van der Waals surface area contributed by atoms with E-state index >= 15 is 0 Å². The number of carbonyl (C=O) groups is 2. The minimum Gasteiger partial charge on any atom is -0.453 e. The van der Waals surface area contributed by atoms with Gasteiger partial charge in [-0.15, -0.1) is 0 Å². The maximum atomic E-state index is 11.0. The van der Waals surface area contributed by atoms with Crippen molar-refractivity contribution in [3.8, 4) is 0 Å². The van der Waals surface area contributed by atoms with E-state index in [1.54, 1.807) is 6.08 Å². The fourth-order valence-electron chi connectivity index (χ4n) is 3.74. The summed E-state index contributed by atoms with van der Waals surface area (Å²) in [6, 6.07) is 0. The lowest BCUT2D eigenvalue weighted by Gasteiger charge is -2.42. The van der Waals surface area contributed by atoms with Gasteiger partial charge in [0.1, 0.15) is 12.2 Å². The molecule has 0 amide bonds. The number of aliphatic hydroxyl groups is 1. The van der Waals surface area contributed by atoms with Gasteiger partial charge in [0, 0.05) is 12.2 Å². The number of aliphatic hydroxyl groups excluding tert-OH is 1. The first-order valence-electron chi connectivity index (χ1n) is 9.15. The Bertz CT molecular complexity index is 516. The molecule has 0 aromatic heterocycles. The molecule has 6 nitrogen and oxygen atoms in total. The molecule has 0 aromatic carbocycles. The Kier molecular flexibility index (Phi) is 8.72. The molecule has 2 heterocycles. The number of cyclic esters (lactones) is 2. The Morgan fingerprint density at radius 3 is 1.62 bits per heavy atom. The molecule has 2 atom stereocenters. The zero-order valence-electron chi connectivity index (χ0n) is 16.6. The quantitative estimate of drug-likeness (QED) is 0.536. The van der Waals surface area contributed by atoms with E-state index in [0.717, 1.165) is 0 Å². The van der Waals surface area contributed by atoms with Gasteiger partial charge in [0.2, 0.25) is 8.32 Å². The first-order chi connectivity index (χ1) is 12.1. The van der Waals surface area contributed by atoms with E-state index in [1.807, 2.05) is 0 Å². The Labute approximate surface area is 157 Å². The molecule has 2 aliphatic heterocycles. The van der Waals surface area contributed by atoms with Gasteiger partial charge in [-0.3, -0.25) is 0 Å². The summed E-state index contributed by atoms with van der Waals surface area (Å²) < 4.78 is 16.0. The summed E-state index contributed by atoms with van der Waals surface area (Å²) in [4.78, 5) is 21.2. The van der Waals surface area contributed by atoms with Gasteiger partial charge in [-0.1, -0.05) is 41.5 Å². The number of ether oxygens (including phenoxy) is 2. The largest absolute Gasteiger partial charge is 0.453 e. The van der Waals surface area contributed by atoms with Crippen LogP contribution in [0.15, 0.2) is 24.3 Å². The maximum Gasteiger partial charge on any atom is 0.331 e. The van der Waals surface area contributed by atoms with Crippen molar-refractivity contribution < 1.29 is 28.6 Å². The molecule has 0 fully saturated rings. The average molecular weight is 385 g/mol. The molecule has 26 heavy (non-hydrogen) atoms. The third-order valence-electron chi connectivity index (χ3n) is 4.81. The summed E-state index contributed by atoms with van der Waals surface area (Å²) in [6.45, 7) is 13.9. The minimum absolute atomic E-state index is 0.123. The second-order valence-corrected chi connectivity index (χ2v) is 12.9. The molecule has 1 N–H and O–H groups in total. The number of carbonyl (C=O) groups excluding carboxylic acids is 2. The summed E-state index contributed by atoms with van der Waals surface area (Å²) in [6.07, 6.45) is 5.52. The summed E-state index contributed by atoms with van der Waals surface area (Å²) in [5.74, 6) is -0.626. The van der Waals surface area contributed by atoms with Gasteiger partial charge in [-0.2, -0.15) is 0 Å². The first-order valence-corrected chi connectivity index (χ1v) is 11.3. The standard InChI is InChI=1S/C14H26O3Si.C5H6O3/c1-10(2)18(11(3)4,12(5)6)16-9-13-7-8-14(15)17-13;6-3-4-1-2-5(7)8-4/h7-8,10-13H,9H2,1-6H3;1-2,4,6H,3H2/t13-;4-/m00/s1. The van der Waals surface area contributed by atoms with Crippen molar-refractivity contribution in [2.75, 3.05) is 13.2 Å². The third-order valence-corrected chi connectivity index (χ3v) is 10.9. The van der Waals surface area contributed by atoms with Crippen LogP contribution in [-0.2, 0) is 23.5 Å². The van der Waals surface area contributed by atoms with Crippen LogP contribution in [0.3, 0.4) is 0 Å². The van der Waals surface area contributed by atoms with Gasteiger partial charge in [0.25, 0.3) is 0 Å². The molecule has 0 unspecified atom stereocenters. The van der Waals surface area contributed by atoms with Crippen LogP contribution in [0.2, 0.25) is 16.6 Å². The zero-order valence-corrected chi connectivity index (χ0v) is 17.6. The Morgan fingerprint density at radius 1 is 0.923 bits per heavy atom. The smallest absolute Gasteiger partial charge is 0.331 e. The van der Waals surface area contributed by atoms with Crippen LogP contribution in [-0.4, -0.2) is 50.8 Å². The molecular formula is C19H32O6Si. The summed E-state index contributed by atoms with van der Waals surface area (Å²) in [5, 5.41) is 8.36. The highest BCUT2D eigenvalue weighted by molar-refractivity contribution is 6.77. The first kappa shape index (κ1) is 22.6. The molecule has 0 saturated carbocycles. The number of hydrogen-bond donors (Lipinski definition) is 1. The zero-order chi connectivity index (χ0) is 19.9. The fraction of sp³-hybridized carbons (Fsp3) is 0.684. The lowest BCUT2D eigenvalue weighted by atomic mass is 10.4. The van der Waals surface area contributed by atoms with E-state index in [4.69, 9.17) is 14.3 Å². The molecular weight excluding hydrogens is 352 g/mol. The van der Waals surface area contributed by atoms with Crippen LogP contribution in [0, 0.1) is 0 Å². The number of esters is 2. The van der Waals surface area contributed by atoms with E-state index < -0.39 is 14.4 Å². The van der Waals surface area contributed by atoms with Gasteiger partial charge in [0.05, 0.1) is 13.2 Å². The Hall–Kier alpha value is -1.44. The van der Waals surface area contributed by atoms with Crippen molar-refractivity contribution in [1.82, 2.24) is 0 Å². The third kappa shape index (κ3) is 5.79. The van der Waals surface area contributed by atoms with Crippen LogP contribution >= 0.6 is 0 Å². The summed E-state index contributed by atoms with van der Waals surface area (Å²) in [5.41, 5.74) is 1.66. The topological polar surface area (TPSA) is 82.1 Å². The highest BCUT2D eigenvalue weighted by Crippen LogP contribution is 2.42. The van der Waals surface area contributed by atoms with Crippen molar-refractivity contribution in [3.63, 3.8) is 0 Å². The van der Waals surface area contributed by atoms with E-state index in [-0.39, 0.29) is 24.6 Å². The van der Waals surface area contributed by atoms with Gasteiger partial charge >= 0.3 is 11.9 Å². The summed E-state index contributed by atoms with van der Waals surface area (Å²) >= 11 is 0. The van der Waals surface area contributed by atoms with E-state index in [1.165, 1.54) is 18.2 Å². The molecule has 0 saturated heterocycles. The van der Waals surface area contributed by atoms with Crippen molar-refractivity contribution in [2.24, 2.45) is 0 Å². The van der Waals surface area contributed by atoms with Crippen molar-refractivity contribution in [2.45, 2.75) is 70.4 Å². The normalized spacial score (nSPS) is 22.1. The lowest BCUT2D eigenvalue weighted by molar-refractivity contribution is -0.140. The highest BCUT2D eigenvalue weighted by Gasteiger charge is 2.45. The van der Waals surface area contributed by atoms with Crippen LogP contribution < -0.4 is 0 Å². The van der Waals surface area contributed by atoms with E-state index in [9.17, 15) is 9.59 Å². The SMILES string of the molecule is CC(C)[Si](OC[C@@H]1C=CC(=O)O1)(C(C)C)C(C)C.O=C1C=C[C@@H](CO)O1. The molecule has 0 aliphatic carbocycles. The van der Waals surface area contributed by atoms with Gasteiger partial charge in [-0.25, -0.2) is 9.59 Å². The molecule has 2 rings (SSSR count). The average Bonchev–Trinajstić information content (AvgIpc) is 3.15. The van der Waals surface area contributed by atoms with Gasteiger partial charge in [0.15, 0.2) is 0 Å². The predicted molar refractivity (Wildman–Crippen MR) is 102 cm³/mol. The molecule has 0 radical (unpaired) electrons. The predicted octanol–water partition coefficient (Wildman–Crippen LogP) is 3.12.